The van der Waals surface area contributed by atoms with E-state index in [1.165, 1.54) is 6.42 Å². The van der Waals surface area contributed by atoms with E-state index in [1.54, 1.807) is 6.07 Å². The van der Waals surface area contributed by atoms with Crippen molar-refractivity contribution in [1.29, 1.82) is 0 Å². The van der Waals surface area contributed by atoms with E-state index in [1.807, 2.05) is 65.6 Å². The molecule has 3 N–H and O–H groups in total. The first-order chi connectivity index (χ1) is 21.7. The molecular formula is C38H52N4O3. The molecule has 1 saturated heterocycles. The third-order valence-electron chi connectivity index (χ3n) is 8.75. The number of carbonyl (C=O) groups excluding carboxylic acids is 2. The van der Waals surface area contributed by atoms with Gasteiger partial charge in [-0.3, -0.25) is 9.59 Å². The Hall–Kier alpha value is -3.68. The van der Waals surface area contributed by atoms with Gasteiger partial charge in [0.15, 0.2) is 0 Å². The number of anilines is 1. The van der Waals surface area contributed by atoms with Gasteiger partial charge in [-0.05, 0) is 81.7 Å². The van der Waals surface area contributed by atoms with E-state index < -0.39 is 12.1 Å². The molecule has 45 heavy (non-hydrogen) atoms. The third-order valence-corrected chi connectivity index (χ3v) is 8.75. The maximum atomic E-state index is 14.0. The number of carbonyl (C=O) groups is 2. The van der Waals surface area contributed by atoms with Crippen LogP contribution < -0.4 is 15.5 Å². The summed E-state index contributed by atoms with van der Waals surface area (Å²) >= 11 is 0. The van der Waals surface area contributed by atoms with E-state index in [0.717, 1.165) is 55.6 Å². The molecule has 4 rings (SSSR count). The van der Waals surface area contributed by atoms with Crippen molar-refractivity contribution >= 4 is 17.5 Å². The molecule has 0 bridgehead atoms. The smallest absolute Gasteiger partial charge is 0.253 e. The van der Waals surface area contributed by atoms with Crippen LogP contribution in [0, 0.1) is 0 Å². The Morgan fingerprint density at radius 3 is 2.09 bits per heavy atom. The fraction of sp³-hybridized carbons (Fsp3) is 0.474. The van der Waals surface area contributed by atoms with Gasteiger partial charge >= 0.3 is 0 Å². The Morgan fingerprint density at radius 2 is 1.47 bits per heavy atom. The molecule has 1 heterocycles. The van der Waals surface area contributed by atoms with Crippen molar-refractivity contribution in [2.24, 2.45) is 0 Å². The molecule has 1 fully saturated rings. The van der Waals surface area contributed by atoms with Gasteiger partial charge in [-0.25, -0.2) is 0 Å². The zero-order valence-electron chi connectivity index (χ0n) is 27.6. The first-order valence-electron chi connectivity index (χ1n) is 16.7. The topological polar surface area (TPSA) is 84.9 Å². The second-order valence-electron chi connectivity index (χ2n) is 12.8. The summed E-state index contributed by atoms with van der Waals surface area (Å²) < 4.78 is 0. The summed E-state index contributed by atoms with van der Waals surface area (Å²) in [6.45, 7) is 11.8. The molecule has 0 radical (unpaired) electrons. The molecular weight excluding hydrogens is 560 g/mol. The molecule has 3 aromatic carbocycles. The summed E-state index contributed by atoms with van der Waals surface area (Å²) in [5.41, 5.74) is 3.66. The number of aliphatic hydroxyl groups excluding tert-OH is 1. The van der Waals surface area contributed by atoms with E-state index in [9.17, 15) is 14.7 Å². The summed E-state index contributed by atoms with van der Waals surface area (Å²) in [5, 5.41) is 18.2. The Kier molecular flexibility index (Phi) is 12.6. The van der Waals surface area contributed by atoms with Gasteiger partial charge in [0.25, 0.3) is 11.8 Å². The van der Waals surface area contributed by atoms with Crippen LogP contribution in [0.2, 0.25) is 0 Å². The molecule has 2 amide bonds. The van der Waals surface area contributed by atoms with Crippen LogP contribution in [0.4, 0.5) is 5.69 Å². The summed E-state index contributed by atoms with van der Waals surface area (Å²) in [4.78, 5) is 31.9. The number of rotatable bonds is 15. The SMILES string of the molecule is CCCN(CCC)C(=O)c1cc(C(=O)N[C@@H](Cc2ccccc2)[C@H](O)CNC(C)(C)c2ccccc2)cc(N2CCCCC2)c1. The first-order valence-corrected chi connectivity index (χ1v) is 16.7. The molecule has 0 saturated carbocycles. The van der Waals surface area contributed by atoms with Gasteiger partial charge in [0.2, 0.25) is 0 Å². The van der Waals surface area contributed by atoms with Gasteiger partial charge in [0.1, 0.15) is 0 Å². The number of hydrogen-bond acceptors (Lipinski definition) is 5. The predicted molar refractivity (Wildman–Crippen MR) is 184 cm³/mol. The Labute approximate surface area is 270 Å². The first kappa shape index (κ1) is 34.2. The Bertz CT molecular complexity index is 1350. The molecule has 1 aliphatic heterocycles. The molecule has 242 valence electrons. The van der Waals surface area contributed by atoms with Crippen molar-refractivity contribution in [3.05, 3.63) is 101 Å². The number of amides is 2. The van der Waals surface area contributed by atoms with Gasteiger partial charge in [-0.1, -0.05) is 74.5 Å². The monoisotopic (exact) mass is 612 g/mol. The summed E-state index contributed by atoms with van der Waals surface area (Å²) in [6.07, 6.45) is 4.74. The van der Waals surface area contributed by atoms with Crippen molar-refractivity contribution in [1.82, 2.24) is 15.5 Å². The number of piperidine rings is 1. The van der Waals surface area contributed by atoms with Crippen LogP contribution in [0.1, 0.15) is 91.6 Å². The van der Waals surface area contributed by atoms with E-state index >= 15 is 0 Å². The lowest BCUT2D eigenvalue weighted by Crippen LogP contribution is -2.51. The minimum absolute atomic E-state index is 0.0418. The number of nitrogens with one attached hydrogen (secondary N) is 2. The summed E-state index contributed by atoms with van der Waals surface area (Å²) in [6, 6.07) is 25.1. The number of nitrogens with zero attached hydrogens (tertiary/aromatic N) is 2. The van der Waals surface area contributed by atoms with Crippen molar-refractivity contribution in [3.63, 3.8) is 0 Å². The maximum Gasteiger partial charge on any atom is 0.253 e. The van der Waals surface area contributed by atoms with Gasteiger partial charge < -0.3 is 25.5 Å². The van der Waals surface area contributed by atoms with Crippen molar-refractivity contribution in [2.45, 2.75) is 83.9 Å². The highest BCUT2D eigenvalue weighted by Gasteiger charge is 2.27. The molecule has 3 aromatic rings. The average molecular weight is 613 g/mol. The molecule has 1 aliphatic rings. The summed E-state index contributed by atoms with van der Waals surface area (Å²) in [5.74, 6) is -0.331. The normalized spacial score (nSPS) is 14.9. The highest BCUT2D eigenvalue weighted by atomic mass is 16.3. The van der Waals surface area contributed by atoms with E-state index in [0.29, 0.717) is 37.2 Å². The third kappa shape index (κ3) is 9.65. The minimum atomic E-state index is -0.854. The zero-order valence-corrected chi connectivity index (χ0v) is 27.6. The zero-order chi connectivity index (χ0) is 32.2. The number of aliphatic hydroxyl groups is 1. The fourth-order valence-electron chi connectivity index (χ4n) is 6.10. The van der Waals surface area contributed by atoms with E-state index in [-0.39, 0.29) is 17.4 Å². The molecule has 0 spiro atoms. The Morgan fingerprint density at radius 1 is 0.867 bits per heavy atom. The molecule has 7 nitrogen and oxygen atoms in total. The number of benzene rings is 3. The highest BCUT2D eigenvalue weighted by Crippen LogP contribution is 2.25. The lowest BCUT2D eigenvalue weighted by atomic mass is 9.93. The quantitative estimate of drug-likeness (QED) is 0.191. The second-order valence-corrected chi connectivity index (χ2v) is 12.8. The van der Waals surface area contributed by atoms with Gasteiger partial charge in [0.05, 0.1) is 12.1 Å². The van der Waals surface area contributed by atoms with Crippen molar-refractivity contribution < 1.29 is 14.7 Å². The maximum absolute atomic E-state index is 14.0. The van der Waals surface area contributed by atoms with Gasteiger partial charge in [0, 0.05) is 55.1 Å². The average Bonchev–Trinajstić information content (AvgIpc) is 3.07. The van der Waals surface area contributed by atoms with Crippen molar-refractivity contribution in [3.8, 4) is 0 Å². The van der Waals surface area contributed by atoms with Crippen LogP contribution in [-0.2, 0) is 12.0 Å². The molecule has 2 atom stereocenters. The lowest BCUT2D eigenvalue weighted by molar-refractivity contribution is 0.0755. The Balaban J connectivity index is 1.60. The second kappa shape index (κ2) is 16.6. The van der Waals surface area contributed by atoms with E-state index in [4.69, 9.17) is 0 Å². The van der Waals surface area contributed by atoms with E-state index in [2.05, 4.69) is 55.4 Å². The highest BCUT2D eigenvalue weighted by molar-refractivity contribution is 6.01. The molecule has 0 unspecified atom stereocenters. The fourth-order valence-corrected chi connectivity index (χ4v) is 6.10. The van der Waals surface area contributed by atoms with Gasteiger partial charge in [-0.2, -0.15) is 0 Å². The van der Waals surface area contributed by atoms with Crippen LogP contribution in [-0.4, -0.2) is 66.7 Å². The van der Waals surface area contributed by atoms with Gasteiger partial charge in [-0.15, -0.1) is 0 Å². The number of hydrogen-bond donors (Lipinski definition) is 3. The largest absolute Gasteiger partial charge is 0.390 e. The van der Waals surface area contributed by atoms with Crippen LogP contribution in [0.25, 0.3) is 0 Å². The lowest BCUT2D eigenvalue weighted by Gasteiger charge is -2.32. The van der Waals surface area contributed by atoms with Crippen molar-refractivity contribution in [2.75, 3.05) is 37.6 Å². The predicted octanol–water partition coefficient (Wildman–Crippen LogP) is 6.17. The van der Waals surface area contributed by atoms with Crippen LogP contribution in [0.3, 0.4) is 0 Å². The molecule has 0 aromatic heterocycles. The van der Waals surface area contributed by atoms with Crippen LogP contribution in [0.15, 0.2) is 78.9 Å². The molecule has 7 heteroatoms. The minimum Gasteiger partial charge on any atom is -0.390 e. The molecule has 0 aliphatic carbocycles. The van der Waals surface area contributed by atoms with Crippen LogP contribution >= 0.6 is 0 Å². The standard InChI is InChI=1S/C38H52N4O3/c1-5-20-42(21-6-2)37(45)31-25-30(26-33(27-31)41-22-14-9-15-23-41)36(44)40-34(24-29-16-10-7-11-17-29)35(43)28-39-38(3,4)32-18-12-8-13-19-32/h7-8,10-13,16-19,25-27,34-35,39,43H,5-6,9,14-15,20-24,28H2,1-4H3,(H,40,44)/t34-,35+/m0/s1. The summed E-state index contributed by atoms with van der Waals surface area (Å²) in [7, 11) is 0. The van der Waals surface area contributed by atoms with Crippen LogP contribution in [0.5, 0.6) is 0 Å².